The number of nitrogens with zero attached hydrogens (tertiary/aromatic N) is 4. The smallest absolute Gasteiger partial charge is 0.319 e. The maximum atomic E-state index is 12.6. The minimum atomic E-state index is -4.53. The first-order chi connectivity index (χ1) is 11.8. The van der Waals surface area contributed by atoms with Gasteiger partial charge in [0.05, 0.1) is 11.9 Å². The Hall–Kier alpha value is -3.23. The van der Waals surface area contributed by atoms with Crippen LogP contribution in [0.4, 0.5) is 18.9 Å². The summed E-state index contributed by atoms with van der Waals surface area (Å²) < 4.78 is 39.5. The van der Waals surface area contributed by atoms with Crippen molar-refractivity contribution >= 4 is 11.6 Å². The van der Waals surface area contributed by atoms with Gasteiger partial charge in [0, 0.05) is 12.4 Å². The van der Waals surface area contributed by atoms with Crippen LogP contribution in [0.5, 0.6) is 0 Å². The predicted octanol–water partition coefficient (Wildman–Crippen LogP) is 3.24. The SMILES string of the molecule is Cc1cc(C(F)(F)F)ncc1NC(=O)c1cccc(-n2ccnc2)n1. The zero-order chi connectivity index (χ0) is 18.0. The third kappa shape index (κ3) is 3.65. The van der Waals surface area contributed by atoms with Gasteiger partial charge in [0.2, 0.25) is 0 Å². The fraction of sp³-hybridized carbons (Fsp3) is 0.125. The van der Waals surface area contributed by atoms with Crippen LogP contribution in [0.2, 0.25) is 0 Å². The molecular weight excluding hydrogens is 335 g/mol. The lowest BCUT2D eigenvalue weighted by Gasteiger charge is -2.11. The van der Waals surface area contributed by atoms with Gasteiger partial charge in [0.1, 0.15) is 23.5 Å². The minimum absolute atomic E-state index is 0.116. The number of rotatable bonds is 3. The lowest BCUT2D eigenvalue weighted by atomic mass is 10.2. The molecule has 0 unspecified atom stereocenters. The van der Waals surface area contributed by atoms with E-state index >= 15 is 0 Å². The molecule has 128 valence electrons. The largest absolute Gasteiger partial charge is 0.433 e. The van der Waals surface area contributed by atoms with Gasteiger partial charge >= 0.3 is 6.18 Å². The van der Waals surface area contributed by atoms with Crippen molar-refractivity contribution in [1.82, 2.24) is 19.5 Å². The quantitative estimate of drug-likeness (QED) is 0.789. The molecule has 0 spiro atoms. The average molecular weight is 347 g/mol. The van der Waals surface area contributed by atoms with Crippen LogP contribution in [0.25, 0.3) is 5.82 Å². The van der Waals surface area contributed by atoms with Crippen LogP contribution in [-0.2, 0) is 6.18 Å². The molecule has 0 aromatic carbocycles. The lowest BCUT2D eigenvalue weighted by Crippen LogP contribution is -2.16. The number of halogens is 3. The minimum Gasteiger partial charge on any atom is -0.319 e. The van der Waals surface area contributed by atoms with Crippen molar-refractivity contribution in [2.75, 3.05) is 5.32 Å². The number of amides is 1. The lowest BCUT2D eigenvalue weighted by molar-refractivity contribution is -0.141. The van der Waals surface area contributed by atoms with E-state index in [1.807, 2.05) is 0 Å². The van der Waals surface area contributed by atoms with Crippen LogP contribution in [0, 0.1) is 6.92 Å². The molecule has 0 bridgehead atoms. The summed E-state index contributed by atoms with van der Waals surface area (Å²) in [6, 6.07) is 5.73. The van der Waals surface area contributed by atoms with Crippen molar-refractivity contribution in [2.45, 2.75) is 13.1 Å². The van der Waals surface area contributed by atoms with Crippen LogP contribution in [0.3, 0.4) is 0 Å². The molecule has 0 saturated heterocycles. The highest BCUT2D eigenvalue weighted by Crippen LogP contribution is 2.29. The standard InChI is InChI=1S/C16H12F3N5O/c1-10-7-13(16(17,18)19)21-8-12(10)23-15(25)11-3-2-4-14(22-11)24-6-5-20-9-24/h2-9H,1H3,(H,23,25). The maximum Gasteiger partial charge on any atom is 0.433 e. The number of pyridine rings is 2. The molecule has 0 aliphatic rings. The van der Waals surface area contributed by atoms with Crippen molar-refractivity contribution in [3.8, 4) is 5.82 Å². The second kappa shape index (κ2) is 6.34. The molecule has 0 atom stereocenters. The third-order valence-corrected chi connectivity index (χ3v) is 3.39. The first-order valence-corrected chi connectivity index (χ1v) is 7.15. The highest BCUT2D eigenvalue weighted by atomic mass is 19.4. The molecule has 0 aliphatic carbocycles. The summed E-state index contributed by atoms with van der Waals surface area (Å²) in [7, 11) is 0. The van der Waals surface area contributed by atoms with Gasteiger partial charge in [-0.3, -0.25) is 9.36 Å². The molecule has 9 heteroatoms. The Morgan fingerprint density at radius 2 is 2.08 bits per heavy atom. The number of nitrogens with one attached hydrogen (secondary N) is 1. The van der Waals surface area contributed by atoms with Gasteiger partial charge in [-0.15, -0.1) is 0 Å². The van der Waals surface area contributed by atoms with E-state index < -0.39 is 17.8 Å². The van der Waals surface area contributed by atoms with Crippen molar-refractivity contribution in [2.24, 2.45) is 0 Å². The number of anilines is 1. The Balaban J connectivity index is 1.82. The Bertz CT molecular complexity index is 906. The summed E-state index contributed by atoms with van der Waals surface area (Å²) in [5.41, 5.74) is -0.456. The molecule has 0 saturated carbocycles. The zero-order valence-corrected chi connectivity index (χ0v) is 12.9. The normalized spacial score (nSPS) is 11.4. The fourth-order valence-electron chi connectivity index (χ4n) is 2.12. The summed E-state index contributed by atoms with van der Waals surface area (Å²) in [4.78, 5) is 23.8. The number of aromatic nitrogens is 4. The molecule has 0 aliphatic heterocycles. The van der Waals surface area contributed by atoms with Gasteiger partial charge in [0.15, 0.2) is 0 Å². The predicted molar refractivity (Wildman–Crippen MR) is 83.3 cm³/mol. The summed E-state index contributed by atoms with van der Waals surface area (Å²) in [6.45, 7) is 1.46. The van der Waals surface area contributed by atoms with Crippen molar-refractivity contribution < 1.29 is 18.0 Å². The first kappa shape index (κ1) is 16.6. The van der Waals surface area contributed by atoms with Gasteiger partial charge in [-0.05, 0) is 30.7 Å². The molecule has 6 nitrogen and oxygen atoms in total. The maximum absolute atomic E-state index is 12.6. The molecule has 1 amide bonds. The Morgan fingerprint density at radius 3 is 2.72 bits per heavy atom. The van der Waals surface area contributed by atoms with Gasteiger partial charge in [-0.1, -0.05) is 6.07 Å². The number of alkyl halides is 3. The van der Waals surface area contributed by atoms with E-state index in [1.54, 1.807) is 29.1 Å². The highest BCUT2D eigenvalue weighted by molar-refractivity contribution is 6.03. The van der Waals surface area contributed by atoms with E-state index in [1.165, 1.54) is 19.3 Å². The summed E-state index contributed by atoms with van der Waals surface area (Å²) in [5.74, 6) is -0.0564. The Labute approximate surface area is 140 Å². The van der Waals surface area contributed by atoms with E-state index in [9.17, 15) is 18.0 Å². The number of aryl methyl sites for hydroxylation is 1. The molecule has 1 N–H and O–H groups in total. The Morgan fingerprint density at radius 1 is 1.28 bits per heavy atom. The molecule has 0 fully saturated rings. The number of carbonyl (C=O) groups is 1. The molecule has 3 aromatic rings. The van der Waals surface area contributed by atoms with Crippen molar-refractivity contribution in [3.63, 3.8) is 0 Å². The molecular formula is C16H12F3N5O. The Kier molecular flexibility index (Phi) is 4.22. The molecule has 0 radical (unpaired) electrons. The monoisotopic (exact) mass is 347 g/mol. The van der Waals surface area contributed by atoms with Gasteiger partial charge in [0.25, 0.3) is 5.91 Å². The van der Waals surface area contributed by atoms with E-state index in [2.05, 4.69) is 20.3 Å². The van der Waals surface area contributed by atoms with Gasteiger partial charge < -0.3 is 5.32 Å². The van der Waals surface area contributed by atoms with Crippen molar-refractivity contribution in [1.29, 1.82) is 0 Å². The van der Waals surface area contributed by atoms with E-state index in [-0.39, 0.29) is 16.9 Å². The summed E-state index contributed by atoms with van der Waals surface area (Å²) in [6.07, 6.45) is 1.23. The van der Waals surface area contributed by atoms with Crippen LogP contribution in [-0.4, -0.2) is 25.4 Å². The van der Waals surface area contributed by atoms with Crippen LogP contribution in [0.15, 0.2) is 49.2 Å². The van der Waals surface area contributed by atoms with Gasteiger partial charge in [-0.2, -0.15) is 13.2 Å². The first-order valence-electron chi connectivity index (χ1n) is 7.15. The van der Waals surface area contributed by atoms with Crippen LogP contribution in [0.1, 0.15) is 21.7 Å². The van der Waals surface area contributed by atoms with Crippen molar-refractivity contribution in [3.05, 3.63) is 66.1 Å². The highest BCUT2D eigenvalue weighted by Gasteiger charge is 2.32. The second-order valence-corrected chi connectivity index (χ2v) is 5.19. The fourth-order valence-corrected chi connectivity index (χ4v) is 2.12. The average Bonchev–Trinajstić information content (AvgIpc) is 3.10. The number of carbonyl (C=O) groups excluding carboxylic acids is 1. The van der Waals surface area contributed by atoms with Crippen LogP contribution < -0.4 is 5.32 Å². The number of hydrogen-bond donors (Lipinski definition) is 1. The summed E-state index contributed by atoms with van der Waals surface area (Å²) in [5, 5.41) is 2.52. The number of hydrogen-bond acceptors (Lipinski definition) is 4. The van der Waals surface area contributed by atoms with Gasteiger partial charge in [-0.25, -0.2) is 15.0 Å². The number of imidazole rings is 1. The van der Waals surface area contributed by atoms with E-state index in [0.717, 1.165) is 12.3 Å². The van der Waals surface area contributed by atoms with Crippen LogP contribution >= 0.6 is 0 Å². The van der Waals surface area contributed by atoms with E-state index in [0.29, 0.717) is 5.82 Å². The second-order valence-electron chi connectivity index (χ2n) is 5.19. The molecule has 25 heavy (non-hydrogen) atoms. The topological polar surface area (TPSA) is 72.7 Å². The zero-order valence-electron chi connectivity index (χ0n) is 12.9. The third-order valence-electron chi connectivity index (χ3n) is 3.39. The molecule has 3 heterocycles. The summed E-state index contributed by atoms with van der Waals surface area (Å²) >= 11 is 0. The molecule has 3 aromatic heterocycles. The molecule has 3 rings (SSSR count). The van der Waals surface area contributed by atoms with E-state index in [4.69, 9.17) is 0 Å².